The van der Waals surface area contributed by atoms with Gasteiger partial charge in [-0.2, -0.15) is 0 Å². The third-order valence-corrected chi connectivity index (χ3v) is 4.12. The van der Waals surface area contributed by atoms with E-state index in [0.29, 0.717) is 25.4 Å². The first-order chi connectivity index (χ1) is 11.3. The first-order valence-corrected chi connectivity index (χ1v) is 8.25. The molecular weight excluding hydrogens is 290 g/mol. The highest BCUT2D eigenvalue weighted by Crippen LogP contribution is 2.18. The summed E-state index contributed by atoms with van der Waals surface area (Å²) in [7, 11) is 0. The van der Waals surface area contributed by atoms with Crippen molar-refractivity contribution in [3.05, 3.63) is 48.4 Å². The minimum absolute atomic E-state index is 0.0934. The van der Waals surface area contributed by atoms with Crippen LogP contribution in [0.5, 0.6) is 5.88 Å². The minimum atomic E-state index is -0.0934. The average Bonchev–Trinajstić information content (AvgIpc) is 2.92. The highest BCUT2D eigenvalue weighted by molar-refractivity contribution is 5.76. The van der Waals surface area contributed by atoms with E-state index in [0.717, 1.165) is 25.1 Å². The van der Waals surface area contributed by atoms with Gasteiger partial charge in [0.1, 0.15) is 6.10 Å². The van der Waals surface area contributed by atoms with Crippen molar-refractivity contribution in [1.29, 1.82) is 0 Å². The molecule has 1 aliphatic rings. The maximum atomic E-state index is 12.5. The highest BCUT2D eigenvalue weighted by Gasteiger charge is 2.25. The molecule has 0 spiro atoms. The Morgan fingerprint density at radius 1 is 1.30 bits per heavy atom. The van der Waals surface area contributed by atoms with Crippen molar-refractivity contribution in [2.24, 2.45) is 0 Å². The van der Waals surface area contributed by atoms with Gasteiger partial charge >= 0.3 is 0 Å². The van der Waals surface area contributed by atoms with Gasteiger partial charge in [0.25, 0.3) is 0 Å². The molecule has 0 unspecified atom stereocenters. The molecular formula is C18H23N3O2. The number of ether oxygens (including phenoxy) is 1. The Balaban J connectivity index is 1.76. The molecule has 0 aliphatic carbocycles. The molecule has 5 nitrogen and oxygen atoms in total. The average molecular weight is 313 g/mol. The van der Waals surface area contributed by atoms with Gasteiger partial charge < -0.3 is 14.2 Å². The molecule has 2 aromatic heterocycles. The second-order valence-corrected chi connectivity index (χ2v) is 5.94. The fourth-order valence-corrected chi connectivity index (χ4v) is 2.89. The van der Waals surface area contributed by atoms with Crippen LogP contribution in [0.3, 0.4) is 0 Å². The molecule has 0 saturated heterocycles. The Morgan fingerprint density at radius 2 is 2.22 bits per heavy atom. The summed E-state index contributed by atoms with van der Waals surface area (Å²) in [5.41, 5.74) is 1.15. The maximum Gasteiger partial charge on any atom is 0.223 e. The van der Waals surface area contributed by atoms with E-state index in [1.54, 1.807) is 6.20 Å². The van der Waals surface area contributed by atoms with E-state index >= 15 is 0 Å². The van der Waals surface area contributed by atoms with Gasteiger partial charge in [-0.05, 0) is 24.6 Å². The van der Waals surface area contributed by atoms with Crippen LogP contribution in [-0.2, 0) is 17.9 Å². The molecule has 5 heteroatoms. The lowest BCUT2D eigenvalue weighted by molar-refractivity contribution is -0.133. The third kappa shape index (κ3) is 3.92. The summed E-state index contributed by atoms with van der Waals surface area (Å²) in [5, 5.41) is 0. The second kappa shape index (κ2) is 7.31. The molecule has 3 heterocycles. The summed E-state index contributed by atoms with van der Waals surface area (Å²) >= 11 is 0. The molecule has 0 radical (unpaired) electrons. The summed E-state index contributed by atoms with van der Waals surface area (Å²) in [5.74, 6) is 0.810. The van der Waals surface area contributed by atoms with E-state index in [9.17, 15) is 4.79 Å². The largest absolute Gasteiger partial charge is 0.471 e. The van der Waals surface area contributed by atoms with Crippen LogP contribution in [-0.4, -0.2) is 33.0 Å². The van der Waals surface area contributed by atoms with E-state index in [4.69, 9.17) is 4.74 Å². The van der Waals surface area contributed by atoms with Crippen molar-refractivity contribution < 1.29 is 9.53 Å². The molecule has 3 rings (SSSR count). The van der Waals surface area contributed by atoms with Crippen molar-refractivity contribution in [1.82, 2.24) is 14.5 Å². The molecule has 0 aromatic carbocycles. The van der Waals surface area contributed by atoms with Crippen LogP contribution in [0.25, 0.3) is 0 Å². The van der Waals surface area contributed by atoms with Crippen molar-refractivity contribution in [3.8, 4) is 5.88 Å². The summed E-state index contributed by atoms with van der Waals surface area (Å²) in [4.78, 5) is 18.6. The normalized spacial score (nSPS) is 17.4. The minimum Gasteiger partial charge on any atom is -0.471 e. The molecule has 1 amide bonds. The van der Waals surface area contributed by atoms with Gasteiger partial charge in [-0.15, -0.1) is 0 Å². The van der Waals surface area contributed by atoms with Crippen LogP contribution < -0.4 is 4.74 Å². The smallest absolute Gasteiger partial charge is 0.223 e. The number of rotatable bonds is 5. The van der Waals surface area contributed by atoms with E-state index in [2.05, 4.69) is 22.5 Å². The number of pyridine rings is 1. The predicted octanol–water partition coefficient (Wildman–Crippen LogP) is 2.86. The first-order valence-electron chi connectivity index (χ1n) is 8.25. The van der Waals surface area contributed by atoms with Crippen LogP contribution in [0.2, 0.25) is 0 Å². The van der Waals surface area contributed by atoms with Crippen molar-refractivity contribution in [2.45, 2.75) is 45.4 Å². The Labute approximate surface area is 136 Å². The SMILES string of the molecule is CCCCC(=O)N1Cc2cccn2C[C@@H](Oc2ccccn2)C1. The Bertz CT molecular complexity index is 639. The van der Waals surface area contributed by atoms with Crippen LogP contribution in [0.1, 0.15) is 31.9 Å². The molecule has 0 N–H and O–H groups in total. The van der Waals surface area contributed by atoms with Crippen LogP contribution in [0, 0.1) is 0 Å². The van der Waals surface area contributed by atoms with Crippen molar-refractivity contribution in [3.63, 3.8) is 0 Å². The van der Waals surface area contributed by atoms with Gasteiger partial charge in [0.15, 0.2) is 0 Å². The molecule has 1 aliphatic heterocycles. The zero-order chi connectivity index (χ0) is 16.1. The number of amides is 1. The number of aromatic nitrogens is 2. The van der Waals surface area contributed by atoms with Crippen molar-refractivity contribution in [2.75, 3.05) is 6.54 Å². The number of hydrogen-bond donors (Lipinski definition) is 0. The molecule has 0 fully saturated rings. The molecule has 122 valence electrons. The number of hydrogen-bond acceptors (Lipinski definition) is 3. The molecule has 2 aromatic rings. The lowest BCUT2D eigenvalue weighted by Gasteiger charge is -2.24. The lowest BCUT2D eigenvalue weighted by atomic mass is 10.2. The second-order valence-electron chi connectivity index (χ2n) is 5.94. The fraction of sp³-hybridized carbons (Fsp3) is 0.444. The number of carbonyl (C=O) groups excluding carboxylic acids is 1. The number of fused-ring (bicyclic) bond motifs is 1. The third-order valence-electron chi connectivity index (χ3n) is 4.12. The molecule has 23 heavy (non-hydrogen) atoms. The maximum absolute atomic E-state index is 12.5. The van der Waals surface area contributed by atoms with Gasteiger partial charge in [-0.1, -0.05) is 19.4 Å². The van der Waals surface area contributed by atoms with Gasteiger partial charge in [0, 0.05) is 30.6 Å². The van der Waals surface area contributed by atoms with E-state index in [1.165, 1.54) is 0 Å². The standard InChI is InChI=1S/C18H23N3O2/c1-2-3-9-18(22)21-12-15-7-6-11-20(15)13-16(14-21)23-17-8-4-5-10-19-17/h4-8,10-11,16H,2-3,9,12-14H2,1H3/t16-/m1/s1. The molecule has 0 saturated carbocycles. The summed E-state index contributed by atoms with van der Waals surface area (Å²) in [6, 6.07) is 9.72. The Hall–Kier alpha value is -2.30. The lowest BCUT2D eigenvalue weighted by Crippen LogP contribution is -2.38. The first kappa shape index (κ1) is 15.6. The van der Waals surface area contributed by atoms with E-state index in [1.807, 2.05) is 35.4 Å². The zero-order valence-electron chi connectivity index (χ0n) is 13.5. The van der Waals surface area contributed by atoms with Gasteiger partial charge in [0.05, 0.1) is 19.6 Å². The monoisotopic (exact) mass is 313 g/mol. The fourth-order valence-electron chi connectivity index (χ4n) is 2.89. The van der Waals surface area contributed by atoms with Gasteiger partial charge in [0.2, 0.25) is 11.8 Å². The predicted molar refractivity (Wildman–Crippen MR) is 88.0 cm³/mol. The number of nitrogens with zero attached hydrogens (tertiary/aromatic N) is 3. The molecule has 0 bridgehead atoms. The van der Waals surface area contributed by atoms with E-state index < -0.39 is 0 Å². The van der Waals surface area contributed by atoms with E-state index in [-0.39, 0.29) is 12.0 Å². The molecule has 1 atom stereocenters. The highest BCUT2D eigenvalue weighted by atomic mass is 16.5. The number of unbranched alkanes of at least 4 members (excludes halogenated alkanes) is 1. The summed E-state index contributed by atoms with van der Waals surface area (Å²) < 4.78 is 8.19. The van der Waals surface area contributed by atoms with Gasteiger partial charge in [-0.3, -0.25) is 4.79 Å². The summed E-state index contributed by atoms with van der Waals surface area (Å²) in [6.07, 6.45) is 6.24. The van der Waals surface area contributed by atoms with Gasteiger partial charge in [-0.25, -0.2) is 4.98 Å². The Kier molecular flexibility index (Phi) is 4.95. The number of carbonyl (C=O) groups is 1. The van der Waals surface area contributed by atoms with Crippen LogP contribution in [0.15, 0.2) is 42.7 Å². The zero-order valence-corrected chi connectivity index (χ0v) is 13.5. The van der Waals surface area contributed by atoms with Crippen LogP contribution in [0.4, 0.5) is 0 Å². The summed E-state index contributed by atoms with van der Waals surface area (Å²) in [6.45, 7) is 4.09. The Morgan fingerprint density at radius 3 is 3.00 bits per heavy atom. The van der Waals surface area contributed by atoms with Crippen LogP contribution >= 0.6 is 0 Å². The quantitative estimate of drug-likeness (QED) is 0.853. The van der Waals surface area contributed by atoms with Crippen molar-refractivity contribution >= 4 is 5.91 Å². The topological polar surface area (TPSA) is 47.4 Å².